The van der Waals surface area contributed by atoms with Gasteiger partial charge in [0.15, 0.2) is 0 Å². The van der Waals surface area contributed by atoms with Gasteiger partial charge >= 0.3 is 0 Å². The Labute approximate surface area is 112 Å². The predicted octanol–water partition coefficient (Wildman–Crippen LogP) is 2.56. The fourth-order valence-corrected chi connectivity index (χ4v) is 3.53. The molecule has 1 amide bonds. The van der Waals surface area contributed by atoms with Crippen molar-refractivity contribution in [3.05, 3.63) is 0 Å². The smallest absolute Gasteiger partial charge is 0.220 e. The van der Waals surface area contributed by atoms with Gasteiger partial charge in [0.05, 0.1) is 0 Å². The Kier molecular flexibility index (Phi) is 6.13. The van der Waals surface area contributed by atoms with Gasteiger partial charge < -0.3 is 10.6 Å². The summed E-state index contributed by atoms with van der Waals surface area (Å²) < 4.78 is 0. The second-order valence-electron chi connectivity index (χ2n) is 6.79. The molecular weight excluding hydrogens is 224 g/mol. The van der Waals surface area contributed by atoms with Gasteiger partial charge in [0.25, 0.3) is 0 Å². The monoisotopic (exact) mass is 254 g/mol. The van der Waals surface area contributed by atoms with Crippen LogP contribution in [0.25, 0.3) is 0 Å². The standard InChI is InChI=1S/C15H30N2O/c1-12-8-13(11-15(2,3)10-12)9-14(18)17-7-5-6-16-4/h12-13,16H,5-11H2,1-4H3,(H,17,18). The molecule has 1 aliphatic carbocycles. The van der Waals surface area contributed by atoms with Gasteiger partial charge in [-0.05, 0) is 56.5 Å². The summed E-state index contributed by atoms with van der Waals surface area (Å²) in [5, 5.41) is 6.12. The molecule has 1 fully saturated rings. The summed E-state index contributed by atoms with van der Waals surface area (Å²) in [6, 6.07) is 0. The lowest BCUT2D eigenvalue weighted by Gasteiger charge is -2.38. The molecule has 0 heterocycles. The summed E-state index contributed by atoms with van der Waals surface area (Å²) in [5.41, 5.74) is 0.411. The largest absolute Gasteiger partial charge is 0.356 e. The average molecular weight is 254 g/mol. The summed E-state index contributed by atoms with van der Waals surface area (Å²) in [7, 11) is 1.94. The zero-order valence-corrected chi connectivity index (χ0v) is 12.5. The van der Waals surface area contributed by atoms with Crippen molar-refractivity contribution in [1.29, 1.82) is 0 Å². The molecule has 0 aromatic heterocycles. The molecule has 106 valence electrons. The van der Waals surface area contributed by atoms with Crippen LogP contribution in [0.3, 0.4) is 0 Å². The molecular formula is C15H30N2O. The number of carbonyl (C=O) groups excluding carboxylic acids is 1. The maximum absolute atomic E-state index is 11.9. The number of carbonyl (C=O) groups is 1. The number of nitrogens with one attached hydrogen (secondary N) is 2. The Morgan fingerprint density at radius 3 is 2.61 bits per heavy atom. The first-order valence-corrected chi connectivity index (χ1v) is 7.34. The summed E-state index contributed by atoms with van der Waals surface area (Å²) in [6.07, 6.45) is 5.43. The van der Waals surface area contributed by atoms with E-state index in [1.165, 1.54) is 19.3 Å². The summed E-state index contributed by atoms with van der Waals surface area (Å²) in [4.78, 5) is 11.9. The van der Waals surface area contributed by atoms with E-state index in [1.807, 2.05) is 7.05 Å². The van der Waals surface area contributed by atoms with Gasteiger partial charge in [-0.1, -0.05) is 20.8 Å². The second-order valence-corrected chi connectivity index (χ2v) is 6.79. The van der Waals surface area contributed by atoms with E-state index in [4.69, 9.17) is 0 Å². The van der Waals surface area contributed by atoms with Crippen LogP contribution in [0.2, 0.25) is 0 Å². The minimum Gasteiger partial charge on any atom is -0.356 e. The van der Waals surface area contributed by atoms with Crippen LogP contribution in [0.1, 0.15) is 52.9 Å². The van der Waals surface area contributed by atoms with Crippen molar-refractivity contribution in [2.75, 3.05) is 20.1 Å². The van der Waals surface area contributed by atoms with E-state index in [0.717, 1.165) is 25.4 Å². The fourth-order valence-electron chi connectivity index (χ4n) is 3.53. The van der Waals surface area contributed by atoms with Crippen LogP contribution in [0, 0.1) is 17.3 Å². The van der Waals surface area contributed by atoms with E-state index in [0.29, 0.717) is 17.8 Å². The van der Waals surface area contributed by atoms with Crippen LogP contribution in [-0.2, 0) is 4.79 Å². The number of amides is 1. The SMILES string of the molecule is CNCCCNC(=O)CC1CC(C)CC(C)(C)C1. The van der Waals surface area contributed by atoms with Crippen molar-refractivity contribution < 1.29 is 4.79 Å². The van der Waals surface area contributed by atoms with Crippen molar-refractivity contribution in [2.24, 2.45) is 17.3 Å². The lowest BCUT2D eigenvalue weighted by molar-refractivity contribution is -0.122. The van der Waals surface area contributed by atoms with E-state index in [-0.39, 0.29) is 5.91 Å². The third-order valence-electron chi connectivity index (χ3n) is 3.88. The van der Waals surface area contributed by atoms with Crippen LogP contribution in [0.15, 0.2) is 0 Å². The Hall–Kier alpha value is -0.570. The summed E-state index contributed by atoms with van der Waals surface area (Å²) >= 11 is 0. The van der Waals surface area contributed by atoms with Gasteiger partial charge in [-0.25, -0.2) is 0 Å². The minimum atomic E-state index is 0.237. The molecule has 2 atom stereocenters. The first-order valence-electron chi connectivity index (χ1n) is 7.34. The minimum absolute atomic E-state index is 0.237. The van der Waals surface area contributed by atoms with Crippen LogP contribution in [-0.4, -0.2) is 26.0 Å². The summed E-state index contributed by atoms with van der Waals surface area (Å²) in [6.45, 7) is 8.75. The highest BCUT2D eigenvalue weighted by Crippen LogP contribution is 2.42. The quantitative estimate of drug-likeness (QED) is 0.715. The molecule has 3 nitrogen and oxygen atoms in total. The third-order valence-corrected chi connectivity index (χ3v) is 3.88. The van der Waals surface area contributed by atoms with Crippen LogP contribution in [0.4, 0.5) is 0 Å². The van der Waals surface area contributed by atoms with E-state index >= 15 is 0 Å². The molecule has 0 aliphatic heterocycles. The highest BCUT2D eigenvalue weighted by molar-refractivity contribution is 5.76. The van der Waals surface area contributed by atoms with Gasteiger partial charge in [-0.2, -0.15) is 0 Å². The molecule has 1 rings (SSSR count). The predicted molar refractivity (Wildman–Crippen MR) is 76.5 cm³/mol. The van der Waals surface area contributed by atoms with Crippen molar-refractivity contribution in [1.82, 2.24) is 10.6 Å². The zero-order chi connectivity index (χ0) is 13.6. The highest BCUT2D eigenvalue weighted by Gasteiger charge is 2.32. The molecule has 0 spiro atoms. The molecule has 0 bridgehead atoms. The maximum Gasteiger partial charge on any atom is 0.220 e. The number of hydrogen-bond donors (Lipinski definition) is 2. The number of hydrogen-bond acceptors (Lipinski definition) is 2. The molecule has 0 radical (unpaired) electrons. The molecule has 0 aromatic rings. The average Bonchev–Trinajstić information content (AvgIpc) is 2.21. The van der Waals surface area contributed by atoms with Gasteiger partial charge in [0, 0.05) is 13.0 Å². The topological polar surface area (TPSA) is 41.1 Å². The molecule has 2 unspecified atom stereocenters. The van der Waals surface area contributed by atoms with Crippen molar-refractivity contribution >= 4 is 5.91 Å². The van der Waals surface area contributed by atoms with E-state index in [9.17, 15) is 4.79 Å². The van der Waals surface area contributed by atoms with Crippen molar-refractivity contribution in [3.8, 4) is 0 Å². The second kappa shape index (κ2) is 7.13. The van der Waals surface area contributed by atoms with Gasteiger partial charge in [0.2, 0.25) is 5.91 Å². The van der Waals surface area contributed by atoms with Gasteiger partial charge in [-0.15, -0.1) is 0 Å². The highest BCUT2D eigenvalue weighted by atomic mass is 16.1. The molecule has 0 aromatic carbocycles. The first-order chi connectivity index (χ1) is 8.43. The lowest BCUT2D eigenvalue weighted by atomic mass is 9.67. The van der Waals surface area contributed by atoms with E-state index in [2.05, 4.69) is 31.4 Å². The van der Waals surface area contributed by atoms with E-state index < -0.39 is 0 Å². The Bertz CT molecular complexity index is 263. The normalized spacial score (nSPS) is 26.9. The van der Waals surface area contributed by atoms with Gasteiger partial charge in [0.1, 0.15) is 0 Å². The maximum atomic E-state index is 11.9. The van der Waals surface area contributed by atoms with Crippen molar-refractivity contribution in [3.63, 3.8) is 0 Å². The Balaban J connectivity index is 2.26. The van der Waals surface area contributed by atoms with Gasteiger partial charge in [-0.3, -0.25) is 4.79 Å². The molecule has 1 saturated carbocycles. The zero-order valence-electron chi connectivity index (χ0n) is 12.5. The first kappa shape index (κ1) is 15.5. The Morgan fingerprint density at radius 1 is 1.28 bits per heavy atom. The fraction of sp³-hybridized carbons (Fsp3) is 0.933. The molecule has 0 saturated heterocycles. The van der Waals surface area contributed by atoms with Crippen LogP contribution < -0.4 is 10.6 Å². The third kappa shape index (κ3) is 5.85. The molecule has 3 heteroatoms. The molecule has 18 heavy (non-hydrogen) atoms. The summed E-state index contributed by atoms with van der Waals surface area (Å²) in [5.74, 6) is 1.57. The Morgan fingerprint density at radius 2 is 2.00 bits per heavy atom. The van der Waals surface area contributed by atoms with Crippen LogP contribution >= 0.6 is 0 Å². The lowest BCUT2D eigenvalue weighted by Crippen LogP contribution is -2.33. The molecule has 1 aliphatic rings. The van der Waals surface area contributed by atoms with Crippen molar-refractivity contribution in [2.45, 2.75) is 52.9 Å². The van der Waals surface area contributed by atoms with Crippen LogP contribution in [0.5, 0.6) is 0 Å². The number of rotatable bonds is 6. The molecule has 2 N–H and O–H groups in total. The van der Waals surface area contributed by atoms with E-state index in [1.54, 1.807) is 0 Å².